The fourth-order valence-electron chi connectivity index (χ4n) is 7.53. The van der Waals surface area contributed by atoms with E-state index in [4.69, 9.17) is 0 Å². The first-order chi connectivity index (χ1) is 12.1. The summed E-state index contributed by atoms with van der Waals surface area (Å²) in [6.45, 7) is 11.4. The molecule has 0 aliphatic heterocycles. The molecule has 7 atom stereocenters. The van der Waals surface area contributed by atoms with Gasteiger partial charge in [-0.15, -0.1) is 0 Å². The lowest BCUT2D eigenvalue weighted by atomic mass is 9.48. The first-order valence-electron chi connectivity index (χ1n) is 11.2. The monoisotopic (exact) mass is 366 g/mol. The molecule has 3 aliphatic carbocycles. The van der Waals surface area contributed by atoms with Gasteiger partial charge in [-0.05, 0) is 91.8 Å². The summed E-state index contributed by atoms with van der Waals surface area (Å²) in [6.07, 6.45) is 7.04. The molecule has 0 heterocycles. The summed E-state index contributed by atoms with van der Waals surface area (Å²) in [6, 6.07) is 0. The Morgan fingerprint density at radius 3 is 2.12 bits per heavy atom. The summed E-state index contributed by atoms with van der Waals surface area (Å²) in [7, 11) is 0. The molecule has 3 saturated carbocycles. The first kappa shape index (κ1) is 20.6. The van der Waals surface area contributed by atoms with Crippen molar-refractivity contribution in [3.05, 3.63) is 0 Å². The molecule has 0 spiro atoms. The second kappa shape index (κ2) is 7.37. The Hall–Kier alpha value is -0.120. The van der Waals surface area contributed by atoms with E-state index in [0.29, 0.717) is 23.7 Å². The normalized spacial score (nSPS) is 50.7. The molecule has 0 amide bonds. The predicted octanol–water partition coefficient (Wildman–Crippen LogP) is 4.38. The summed E-state index contributed by atoms with van der Waals surface area (Å²) in [4.78, 5) is 0. The molecule has 152 valence electrons. The molecule has 3 unspecified atom stereocenters. The van der Waals surface area contributed by atoms with Crippen molar-refractivity contribution in [1.82, 2.24) is 0 Å². The maximum absolute atomic E-state index is 11.4. The molecular weight excluding hydrogens is 324 g/mol. The number of aliphatic hydroxyl groups excluding tert-OH is 3. The zero-order chi connectivity index (χ0) is 19.3. The van der Waals surface area contributed by atoms with Gasteiger partial charge in [0.05, 0.1) is 18.3 Å². The van der Waals surface area contributed by atoms with Crippen molar-refractivity contribution in [2.45, 2.75) is 104 Å². The van der Waals surface area contributed by atoms with Crippen molar-refractivity contribution < 1.29 is 15.3 Å². The van der Waals surface area contributed by atoms with Crippen molar-refractivity contribution in [3.63, 3.8) is 0 Å². The number of hydrogen-bond acceptors (Lipinski definition) is 3. The number of rotatable bonds is 4. The summed E-state index contributed by atoms with van der Waals surface area (Å²) in [5.74, 6) is 2.20. The van der Waals surface area contributed by atoms with E-state index >= 15 is 0 Å². The van der Waals surface area contributed by atoms with E-state index in [1.165, 1.54) is 6.42 Å². The highest BCUT2D eigenvalue weighted by atomic mass is 16.3. The molecule has 26 heavy (non-hydrogen) atoms. The molecule has 0 aromatic heterocycles. The van der Waals surface area contributed by atoms with Crippen LogP contribution in [-0.2, 0) is 0 Å². The van der Waals surface area contributed by atoms with Crippen LogP contribution in [0.15, 0.2) is 0 Å². The molecule has 0 bridgehead atoms. The van der Waals surface area contributed by atoms with Gasteiger partial charge in [0, 0.05) is 0 Å². The molecule has 3 rings (SSSR count). The van der Waals surface area contributed by atoms with E-state index in [1.807, 2.05) is 0 Å². The van der Waals surface area contributed by atoms with Gasteiger partial charge >= 0.3 is 0 Å². The average Bonchev–Trinajstić information content (AvgIpc) is 2.96. The summed E-state index contributed by atoms with van der Waals surface area (Å²) in [5.41, 5.74) is 0.0777. The Bertz CT molecular complexity index is 482. The molecule has 0 aromatic rings. The van der Waals surface area contributed by atoms with Crippen LogP contribution in [0.3, 0.4) is 0 Å². The second-order valence-corrected chi connectivity index (χ2v) is 10.7. The van der Waals surface area contributed by atoms with Gasteiger partial charge in [-0.25, -0.2) is 0 Å². The minimum Gasteiger partial charge on any atom is -0.393 e. The minimum atomic E-state index is -0.272. The smallest absolute Gasteiger partial charge is 0.0602 e. The van der Waals surface area contributed by atoms with Gasteiger partial charge < -0.3 is 15.3 Å². The Balaban J connectivity index is 1.95. The van der Waals surface area contributed by atoms with E-state index in [2.05, 4.69) is 34.6 Å². The highest BCUT2D eigenvalue weighted by Gasteiger charge is 2.62. The van der Waals surface area contributed by atoms with Crippen LogP contribution in [0.2, 0.25) is 0 Å². The van der Waals surface area contributed by atoms with Gasteiger partial charge in [0.15, 0.2) is 0 Å². The lowest BCUT2D eigenvalue weighted by Gasteiger charge is -2.58. The van der Waals surface area contributed by atoms with Crippen molar-refractivity contribution in [3.8, 4) is 0 Å². The third kappa shape index (κ3) is 3.16. The van der Waals surface area contributed by atoms with Gasteiger partial charge in [-0.1, -0.05) is 34.6 Å². The van der Waals surface area contributed by atoms with Gasteiger partial charge in [0.1, 0.15) is 0 Å². The zero-order valence-electron chi connectivity index (χ0n) is 17.6. The van der Waals surface area contributed by atoms with Crippen LogP contribution >= 0.6 is 0 Å². The molecule has 0 saturated heterocycles. The molecular formula is C23H42O3. The van der Waals surface area contributed by atoms with Crippen LogP contribution in [-0.4, -0.2) is 33.6 Å². The SMILES string of the molecule is CC[C@@H](O)C1[C@@H](C2(C)CCC(O)CC2)C[C@H](O)C2(C)C(C(C)C)CC[C@@H]12. The van der Waals surface area contributed by atoms with Crippen molar-refractivity contribution in [2.75, 3.05) is 0 Å². The Morgan fingerprint density at radius 1 is 0.962 bits per heavy atom. The van der Waals surface area contributed by atoms with Gasteiger partial charge in [-0.3, -0.25) is 0 Å². The molecule has 0 radical (unpaired) electrons. The topological polar surface area (TPSA) is 60.7 Å². The Labute approximate surface area is 160 Å². The molecule has 0 aromatic carbocycles. The van der Waals surface area contributed by atoms with E-state index in [-0.39, 0.29) is 35.1 Å². The minimum absolute atomic E-state index is 0.0595. The number of fused-ring (bicyclic) bond motifs is 1. The number of aliphatic hydroxyl groups is 3. The zero-order valence-corrected chi connectivity index (χ0v) is 17.6. The van der Waals surface area contributed by atoms with Crippen LogP contribution in [0.25, 0.3) is 0 Å². The van der Waals surface area contributed by atoms with Crippen LogP contribution in [0.5, 0.6) is 0 Å². The highest BCUT2D eigenvalue weighted by molar-refractivity contribution is 5.10. The van der Waals surface area contributed by atoms with E-state index in [0.717, 1.165) is 44.9 Å². The molecule has 3 nitrogen and oxygen atoms in total. The van der Waals surface area contributed by atoms with E-state index in [1.54, 1.807) is 0 Å². The second-order valence-electron chi connectivity index (χ2n) is 10.7. The van der Waals surface area contributed by atoms with Gasteiger partial charge in [0.25, 0.3) is 0 Å². The van der Waals surface area contributed by atoms with Crippen LogP contribution in [0.4, 0.5) is 0 Å². The third-order valence-corrected chi connectivity index (χ3v) is 9.17. The van der Waals surface area contributed by atoms with Crippen LogP contribution in [0, 0.1) is 40.4 Å². The lowest BCUT2D eigenvalue weighted by molar-refractivity contribution is -0.165. The fraction of sp³-hybridized carbons (Fsp3) is 1.00. The van der Waals surface area contributed by atoms with Gasteiger partial charge in [-0.2, -0.15) is 0 Å². The third-order valence-electron chi connectivity index (χ3n) is 9.17. The van der Waals surface area contributed by atoms with Crippen molar-refractivity contribution in [2.24, 2.45) is 40.4 Å². The van der Waals surface area contributed by atoms with Crippen molar-refractivity contribution in [1.29, 1.82) is 0 Å². The van der Waals surface area contributed by atoms with Crippen LogP contribution in [0.1, 0.15) is 86.0 Å². The Kier molecular flexibility index (Phi) is 5.84. The standard InChI is InChI=1S/C23H42O3/c1-6-19(25)21-17-8-7-16(14(2)3)23(17,5)20(26)13-18(21)22(4)11-9-15(24)10-12-22/h14-21,24-26H,6-13H2,1-5H3/t15?,16?,17-,18-,19+,20-,21?,22?,23?/m0/s1. The molecule has 3 heteroatoms. The molecule has 3 N–H and O–H groups in total. The predicted molar refractivity (Wildman–Crippen MR) is 106 cm³/mol. The largest absolute Gasteiger partial charge is 0.393 e. The highest BCUT2D eigenvalue weighted by Crippen LogP contribution is 2.65. The van der Waals surface area contributed by atoms with Crippen molar-refractivity contribution >= 4 is 0 Å². The molecule has 3 fully saturated rings. The van der Waals surface area contributed by atoms with Crippen LogP contribution < -0.4 is 0 Å². The summed E-state index contributed by atoms with van der Waals surface area (Å²) < 4.78 is 0. The first-order valence-corrected chi connectivity index (χ1v) is 11.2. The van der Waals surface area contributed by atoms with E-state index < -0.39 is 0 Å². The summed E-state index contributed by atoms with van der Waals surface area (Å²) >= 11 is 0. The quantitative estimate of drug-likeness (QED) is 0.692. The fourth-order valence-corrected chi connectivity index (χ4v) is 7.53. The van der Waals surface area contributed by atoms with E-state index in [9.17, 15) is 15.3 Å². The number of hydrogen-bond donors (Lipinski definition) is 3. The molecule has 3 aliphatic rings. The maximum Gasteiger partial charge on any atom is 0.0602 e. The lowest BCUT2D eigenvalue weighted by Crippen LogP contribution is -2.57. The summed E-state index contributed by atoms with van der Waals surface area (Å²) in [5, 5.41) is 32.5. The maximum atomic E-state index is 11.4. The Morgan fingerprint density at radius 2 is 1.58 bits per heavy atom. The average molecular weight is 367 g/mol. The van der Waals surface area contributed by atoms with Gasteiger partial charge in [0.2, 0.25) is 0 Å².